The molecule has 0 aliphatic carbocycles. The molecular formula is C19H27NO4. The molecule has 1 aromatic rings. The highest BCUT2D eigenvalue weighted by molar-refractivity contribution is 5.90. The molecule has 5 nitrogen and oxygen atoms in total. The molecule has 0 unspecified atom stereocenters. The summed E-state index contributed by atoms with van der Waals surface area (Å²) in [5.74, 6) is 0.472. The lowest BCUT2D eigenvalue weighted by Gasteiger charge is -2.50. The smallest absolute Gasteiger partial charge is 0.338 e. The molecule has 0 spiro atoms. The van der Waals surface area contributed by atoms with Crippen LogP contribution in [0.3, 0.4) is 0 Å². The third-order valence-electron chi connectivity index (χ3n) is 4.51. The Hall–Kier alpha value is -2.04. The second-order valence-electron chi connectivity index (χ2n) is 7.55. The van der Waals surface area contributed by atoms with Crippen LogP contribution in [-0.2, 0) is 9.53 Å². The van der Waals surface area contributed by atoms with E-state index >= 15 is 0 Å². The van der Waals surface area contributed by atoms with Gasteiger partial charge in [0.2, 0.25) is 5.91 Å². The number of hydrogen-bond acceptors (Lipinski definition) is 4. The fraction of sp³-hybridized carbons (Fsp3) is 0.579. The van der Waals surface area contributed by atoms with Crippen molar-refractivity contribution in [1.82, 2.24) is 5.32 Å². The minimum atomic E-state index is -0.527. The molecule has 0 saturated carbocycles. The highest BCUT2D eigenvalue weighted by Gasteiger charge is 2.57. The molecule has 1 N–H and O–H groups in total. The van der Waals surface area contributed by atoms with Crippen LogP contribution in [0.5, 0.6) is 5.75 Å². The Morgan fingerprint density at radius 1 is 1.25 bits per heavy atom. The van der Waals surface area contributed by atoms with Gasteiger partial charge < -0.3 is 14.8 Å². The number of nitrogens with one attached hydrogen (secondary N) is 1. The Morgan fingerprint density at radius 2 is 1.83 bits per heavy atom. The van der Waals surface area contributed by atoms with Gasteiger partial charge in [0, 0.05) is 0 Å². The first-order valence-corrected chi connectivity index (χ1v) is 8.41. The number of benzene rings is 1. The second-order valence-corrected chi connectivity index (χ2v) is 7.55. The maximum Gasteiger partial charge on any atom is 0.338 e. The van der Waals surface area contributed by atoms with Crippen molar-refractivity contribution in [2.45, 2.75) is 59.8 Å². The summed E-state index contributed by atoms with van der Waals surface area (Å²) in [5.41, 5.74) is -0.551. The SMILES string of the molecule is CC[C@@]1(C(C)C)C(=O)N[C@H]1Oc1ccc(C(=O)OC(C)(C)C)cc1. The summed E-state index contributed by atoms with van der Waals surface area (Å²) >= 11 is 0. The van der Waals surface area contributed by atoms with Crippen LogP contribution < -0.4 is 10.1 Å². The van der Waals surface area contributed by atoms with E-state index in [0.29, 0.717) is 11.3 Å². The molecule has 5 heteroatoms. The molecule has 1 aromatic carbocycles. The summed E-state index contributed by atoms with van der Waals surface area (Å²) in [5, 5.41) is 2.83. The molecule has 1 amide bonds. The molecule has 1 saturated heterocycles. The van der Waals surface area contributed by atoms with Crippen LogP contribution in [0.25, 0.3) is 0 Å². The molecule has 2 rings (SSSR count). The average molecular weight is 333 g/mol. The molecule has 24 heavy (non-hydrogen) atoms. The number of β-lactam (4-membered cyclic amide) rings is 1. The van der Waals surface area contributed by atoms with E-state index in [9.17, 15) is 9.59 Å². The monoisotopic (exact) mass is 333 g/mol. The third kappa shape index (κ3) is 3.40. The Labute approximate surface area is 143 Å². The lowest BCUT2D eigenvalue weighted by molar-refractivity contribution is -0.168. The number of amides is 1. The fourth-order valence-corrected chi connectivity index (χ4v) is 3.02. The zero-order valence-electron chi connectivity index (χ0n) is 15.3. The molecule has 2 atom stereocenters. The minimum absolute atomic E-state index is 0.0374. The van der Waals surface area contributed by atoms with E-state index in [2.05, 4.69) is 5.32 Å². The van der Waals surface area contributed by atoms with Gasteiger partial charge in [-0.2, -0.15) is 0 Å². The first-order valence-electron chi connectivity index (χ1n) is 8.41. The Balaban J connectivity index is 2.07. The van der Waals surface area contributed by atoms with Crippen molar-refractivity contribution in [3.05, 3.63) is 29.8 Å². The first-order chi connectivity index (χ1) is 11.1. The molecule has 0 bridgehead atoms. The van der Waals surface area contributed by atoms with E-state index in [1.54, 1.807) is 24.3 Å². The number of ether oxygens (including phenoxy) is 2. The van der Waals surface area contributed by atoms with Gasteiger partial charge in [0.25, 0.3) is 0 Å². The van der Waals surface area contributed by atoms with Crippen molar-refractivity contribution >= 4 is 11.9 Å². The van der Waals surface area contributed by atoms with Gasteiger partial charge in [-0.25, -0.2) is 4.79 Å². The summed E-state index contributed by atoms with van der Waals surface area (Å²) in [6, 6.07) is 6.80. The topological polar surface area (TPSA) is 64.6 Å². The van der Waals surface area contributed by atoms with Crippen molar-refractivity contribution in [2.24, 2.45) is 11.3 Å². The number of rotatable bonds is 5. The predicted octanol–water partition coefficient (Wildman–Crippen LogP) is 3.53. The van der Waals surface area contributed by atoms with E-state index in [0.717, 1.165) is 6.42 Å². The lowest BCUT2D eigenvalue weighted by atomic mass is 9.67. The van der Waals surface area contributed by atoms with E-state index in [1.165, 1.54) is 0 Å². The predicted molar refractivity (Wildman–Crippen MR) is 91.7 cm³/mol. The third-order valence-corrected chi connectivity index (χ3v) is 4.51. The van der Waals surface area contributed by atoms with E-state index in [4.69, 9.17) is 9.47 Å². The van der Waals surface area contributed by atoms with Crippen LogP contribution in [0.2, 0.25) is 0 Å². The van der Waals surface area contributed by atoms with Crippen LogP contribution in [0.15, 0.2) is 24.3 Å². The van der Waals surface area contributed by atoms with Crippen molar-refractivity contribution in [2.75, 3.05) is 0 Å². The second kappa shape index (κ2) is 6.46. The number of hydrogen-bond donors (Lipinski definition) is 1. The van der Waals surface area contributed by atoms with Crippen LogP contribution in [-0.4, -0.2) is 23.7 Å². The van der Waals surface area contributed by atoms with Crippen molar-refractivity contribution in [1.29, 1.82) is 0 Å². The number of esters is 1. The quantitative estimate of drug-likeness (QED) is 0.661. The summed E-state index contributed by atoms with van der Waals surface area (Å²) in [4.78, 5) is 24.1. The normalized spacial score (nSPS) is 23.5. The fourth-order valence-electron chi connectivity index (χ4n) is 3.02. The first kappa shape index (κ1) is 18.3. The van der Waals surface area contributed by atoms with Gasteiger partial charge in [0.1, 0.15) is 16.8 Å². The van der Waals surface area contributed by atoms with Gasteiger partial charge in [-0.3, -0.25) is 4.79 Å². The highest BCUT2D eigenvalue weighted by atomic mass is 16.6. The molecule has 0 radical (unpaired) electrons. The van der Waals surface area contributed by atoms with Crippen LogP contribution >= 0.6 is 0 Å². The van der Waals surface area contributed by atoms with Crippen LogP contribution in [0.1, 0.15) is 58.3 Å². The van der Waals surface area contributed by atoms with E-state index in [1.807, 2.05) is 41.5 Å². The molecule has 1 aliphatic rings. The van der Waals surface area contributed by atoms with Gasteiger partial charge in [-0.05, 0) is 57.4 Å². The summed E-state index contributed by atoms with van der Waals surface area (Å²) in [7, 11) is 0. The van der Waals surface area contributed by atoms with Gasteiger partial charge in [-0.1, -0.05) is 20.8 Å². The van der Waals surface area contributed by atoms with Crippen molar-refractivity contribution in [3.8, 4) is 5.75 Å². The van der Waals surface area contributed by atoms with Crippen molar-refractivity contribution in [3.63, 3.8) is 0 Å². The van der Waals surface area contributed by atoms with E-state index < -0.39 is 11.0 Å². The molecule has 0 aromatic heterocycles. The Kier molecular flexibility index (Phi) is 4.92. The average Bonchev–Trinajstić information content (AvgIpc) is 2.46. The Morgan fingerprint density at radius 3 is 2.25 bits per heavy atom. The van der Waals surface area contributed by atoms with Gasteiger partial charge in [0.15, 0.2) is 6.23 Å². The zero-order valence-corrected chi connectivity index (χ0v) is 15.3. The zero-order chi connectivity index (χ0) is 18.1. The summed E-state index contributed by atoms with van der Waals surface area (Å²) < 4.78 is 11.3. The van der Waals surface area contributed by atoms with Crippen LogP contribution in [0.4, 0.5) is 0 Å². The largest absolute Gasteiger partial charge is 0.469 e. The van der Waals surface area contributed by atoms with Crippen molar-refractivity contribution < 1.29 is 19.1 Å². The molecular weight excluding hydrogens is 306 g/mol. The van der Waals surface area contributed by atoms with Gasteiger partial charge in [0.05, 0.1) is 5.56 Å². The lowest BCUT2D eigenvalue weighted by Crippen LogP contribution is -2.71. The maximum absolute atomic E-state index is 12.0. The molecule has 1 heterocycles. The van der Waals surface area contributed by atoms with Crippen LogP contribution in [0, 0.1) is 11.3 Å². The minimum Gasteiger partial charge on any atom is -0.469 e. The van der Waals surface area contributed by atoms with E-state index in [-0.39, 0.29) is 24.0 Å². The molecule has 1 fully saturated rings. The molecule has 1 aliphatic heterocycles. The Bertz CT molecular complexity index is 615. The summed E-state index contributed by atoms with van der Waals surface area (Å²) in [6.07, 6.45) is 0.374. The summed E-state index contributed by atoms with van der Waals surface area (Å²) in [6.45, 7) is 11.6. The number of carbonyl (C=O) groups excluding carboxylic acids is 2. The standard InChI is InChI=1S/C19H27NO4/c1-7-19(12(2)3)16(22)20-17(19)23-14-10-8-13(9-11-14)15(21)24-18(4,5)6/h8-12,17H,7H2,1-6H3,(H,20,22)/t17-,19+/m0/s1. The molecule has 132 valence electrons. The number of carbonyl (C=O) groups is 2. The van der Waals surface area contributed by atoms with Gasteiger partial charge in [-0.15, -0.1) is 0 Å². The maximum atomic E-state index is 12.0. The van der Waals surface area contributed by atoms with Gasteiger partial charge >= 0.3 is 5.97 Å². The highest BCUT2D eigenvalue weighted by Crippen LogP contribution is 2.42.